The molecular weight excluding hydrogens is 532 g/mol. The number of rotatable bonds is 8. The minimum atomic E-state index is -3.73. The van der Waals surface area contributed by atoms with E-state index in [1.54, 1.807) is 30.3 Å². The van der Waals surface area contributed by atoms with E-state index in [1.807, 2.05) is 49.3 Å². The monoisotopic (exact) mass is 559 g/mol. The van der Waals surface area contributed by atoms with Crippen molar-refractivity contribution in [3.63, 3.8) is 0 Å². The number of esters is 1. The third-order valence-corrected chi connectivity index (χ3v) is 7.26. The van der Waals surface area contributed by atoms with E-state index in [-0.39, 0.29) is 24.0 Å². The summed E-state index contributed by atoms with van der Waals surface area (Å²) in [7, 11) is 3.80. The van der Waals surface area contributed by atoms with E-state index in [4.69, 9.17) is 9.72 Å². The fourth-order valence-electron chi connectivity index (χ4n) is 4.94. The SMILES string of the molecule is CN(C)CCOC(=O)c1cccc(-c2nc(NC(=O)C3(c4ccc5c(c4)OC(F)(F)O5)CC3)cc3ccccc23)c1. The quantitative estimate of drug-likeness (QED) is 0.281. The minimum absolute atomic E-state index is 0.0698. The molecule has 3 aromatic carbocycles. The molecule has 0 saturated heterocycles. The van der Waals surface area contributed by atoms with Crippen molar-refractivity contribution >= 4 is 28.5 Å². The first-order valence-corrected chi connectivity index (χ1v) is 13.2. The number of fused-ring (bicyclic) bond motifs is 2. The summed E-state index contributed by atoms with van der Waals surface area (Å²) in [4.78, 5) is 32.9. The van der Waals surface area contributed by atoms with E-state index in [1.165, 1.54) is 12.1 Å². The van der Waals surface area contributed by atoms with Crippen molar-refractivity contribution in [1.82, 2.24) is 9.88 Å². The van der Waals surface area contributed by atoms with E-state index in [9.17, 15) is 18.4 Å². The van der Waals surface area contributed by atoms with Crippen LogP contribution in [0.3, 0.4) is 0 Å². The zero-order chi connectivity index (χ0) is 28.8. The maximum Gasteiger partial charge on any atom is 0.586 e. The average Bonchev–Trinajstić information content (AvgIpc) is 3.69. The predicted octanol–water partition coefficient (Wildman–Crippen LogP) is 5.61. The number of anilines is 1. The van der Waals surface area contributed by atoms with Crippen LogP contribution in [-0.2, 0) is 14.9 Å². The standard InChI is InChI=1S/C31H27F2N3O5/c1-36(2)14-15-39-28(37)21-8-5-7-20(16-21)27-23-9-4-3-6-19(23)17-26(34-27)35-29(38)30(12-13-30)22-10-11-24-25(18-22)41-31(32,33)40-24/h3-11,16-18H,12-15H2,1-2H3,(H,34,35,38). The van der Waals surface area contributed by atoms with Crippen LogP contribution in [0.2, 0.25) is 0 Å². The molecule has 1 aliphatic heterocycles. The lowest BCUT2D eigenvalue weighted by molar-refractivity contribution is -0.286. The van der Waals surface area contributed by atoms with Crippen LogP contribution >= 0.6 is 0 Å². The first-order chi connectivity index (χ1) is 19.6. The molecule has 0 radical (unpaired) electrons. The maximum atomic E-state index is 13.6. The molecule has 41 heavy (non-hydrogen) atoms. The van der Waals surface area contributed by atoms with Crippen LogP contribution in [0.15, 0.2) is 72.8 Å². The van der Waals surface area contributed by atoms with Gasteiger partial charge in [0.2, 0.25) is 5.91 Å². The first kappa shape index (κ1) is 26.6. The number of alkyl halides is 2. The number of hydrogen-bond acceptors (Lipinski definition) is 7. The summed E-state index contributed by atoms with van der Waals surface area (Å²) in [6.45, 7) is 0.881. The van der Waals surface area contributed by atoms with Crippen molar-refractivity contribution in [2.45, 2.75) is 24.6 Å². The Hall–Kier alpha value is -4.57. The van der Waals surface area contributed by atoms with Gasteiger partial charge in [-0.3, -0.25) is 4.79 Å². The smallest absolute Gasteiger partial charge is 0.461 e. The molecule has 0 spiro atoms. The second-order valence-corrected chi connectivity index (χ2v) is 10.5. The number of pyridine rings is 1. The Bertz CT molecular complexity index is 1670. The number of likely N-dealkylation sites (N-methyl/N-ethyl adjacent to an activating group) is 1. The summed E-state index contributed by atoms with van der Waals surface area (Å²) >= 11 is 0. The summed E-state index contributed by atoms with van der Waals surface area (Å²) in [5.74, 6) is -0.562. The molecule has 6 rings (SSSR count). The molecular formula is C31H27F2N3O5. The number of benzene rings is 3. The van der Waals surface area contributed by atoms with Crippen LogP contribution in [0.5, 0.6) is 11.5 Å². The molecule has 210 valence electrons. The van der Waals surface area contributed by atoms with Gasteiger partial charge in [0.25, 0.3) is 0 Å². The van der Waals surface area contributed by atoms with Gasteiger partial charge in [0.05, 0.1) is 16.7 Å². The fourth-order valence-corrected chi connectivity index (χ4v) is 4.94. The maximum absolute atomic E-state index is 13.6. The van der Waals surface area contributed by atoms with Crippen molar-refractivity contribution in [1.29, 1.82) is 0 Å². The molecule has 1 aliphatic carbocycles. The number of hydrogen-bond donors (Lipinski definition) is 1. The normalized spacial score (nSPS) is 16.0. The Labute approximate surface area is 234 Å². The summed E-state index contributed by atoms with van der Waals surface area (Å²) in [6, 6.07) is 20.9. The Kier molecular flexibility index (Phi) is 6.57. The summed E-state index contributed by atoms with van der Waals surface area (Å²) in [5.41, 5.74) is 1.36. The van der Waals surface area contributed by atoms with Crippen molar-refractivity contribution in [2.75, 3.05) is 32.6 Å². The Morgan fingerprint density at radius 2 is 1.76 bits per heavy atom. The van der Waals surface area contributed by atoms with Crippen LogP contribution in [-0.4, -0.2) is 55.3 Å². The van der Waals surface area contributed by atoms with E-state index in [0.717, 1.165) is 10.8 Å². The Morgan fingerprint density at radius 3 is 2.54 bits per heavy atom. The number of halogens is 2. The number of carbonyl (C=O) groups excluding carboxylic acids is 2. The first-order valence-electron chi connectivity index (χ1n) is 13.2. The average molecular weight is 560 g/mol. The molecule has 2 heterocycles. The summed E-state index contributed by atoms with van der Waals surface area (Å²) < 4.78 is 41.5. The third-order valence-electron chi connectivity index (χ3n) is 7.26. The van der Waals surface area contributed by atoms with E-state index in [2.05, 4.69) is 14.8 Å². The largest absolute Gasteiger partial charge is 0.586 e. The highest BCUT2D eigenvalue weighted by molar-refractivity contribution is 6.04. The summed E-state index contributed by atoms with van der Waals surface area (Å²) in [5, 5.41) is 4.64. The minimum Gasteiger partial charge on any atom is -0.461 e. The lowest BCUT2D eigenvalue weighted by Crippen LogP contribution is -2.28. The van der Waals surface area contributed by atoms with Crippen LogP contribution in [0, 0.1) is 0 Å². The predicted molar refractivity (Wildman–Crippen MR) is 148 cm³/mol. The molecule has 0 bridgehead atoms. The van der Waals surface area contributed by atoms with Gasteiger partial charge in [0.1, 0.15) is 12.4 Å². The van der Waals surface area contributed by atoms with Gasteiger partial charge in [-0.1, -0.05) is 42.5 Å². The molecule has 1 saturated carbocycles. The van der Waals surface area contributed by atoms with Gasteiger partial charge >= 0.3 is 12.3 Å². The zero-order valence-corrected chi connectivity index (χ0v) is 22.4. The molecule has 1 N–H and O–H groups in total. The van der Waals surface area contributed by atoms with Crippen molar-refractivity contribution in [3.05, 3.63) is 83.9 Å². The van der Waals surface area contributed by atoms with Crippen molar-refractivity contribution in [2.24, 2.45) is 0 Å². The van der Waals surface area contributed by atoms with E-state index in [0.29, 0.717) is 47.6 Å². The van der Waals surface area contributed by atoms with Gasteiger partial charge in [-0.25, -0.2) is 9.78 Å². The van der Waals surface area contributed by atoms with Crippen LogP contribution in [0.4, 0.5) is 14.6 Å². The van der Waals surface area contributed by atoms with Gasteiger partial charge in [-0.15, -0.1) is 8.78 Å². The highest BCUT2D eigenvalue weighted by Crippen LogP contribution is 2.52. The number of carbonyl (C=O) groups is 2. The van der Waals surface area contributed by atoms with Crippen LogP contribution in [0.25, 0.3) is 22.0 Å². The Balaban J connectivity index is 1.29. The molecule has 2 aliphatic rings. The van der Waals surface area contributed by atoms with Gasteiger partial charge in [0, 0.05) is 17.5 Å². The number of nitrogens with one attached hydrogen (secondary N) is 1. The van der Waals surface area contributed by atoms with Crippen LogP contribution in [0.1, 0.15) is 28.8 Å². The molecule has 0 atom stereocenters. The lowest BCUT2D eigenvalue weighted by atomic mass is 9.94. The Morgan fingerprint density at radius 1 is 0.976 bits per heavy atom. The van der Waals surface area contributed by atoms with Gasteiger partial charge in [-0.05, 0) is 68.2 Å². The number of aromatic nitrogens is 1. The molecule has 8 nitrogen and oxygen atoms in total. The van der Waals surface area contributed by atoms with Gasteiger partial charge in [-0.2, -0.15) is 0 Å². The second-order valence-electron chi connectivity index (χ2n) is 10.5. The van der Waals surface area contributed by atoms with Gasteiger partial charge < -0.3 is 24.4 Å². The molecule has 10 heteroatoms. The van der Waals surface area contributed by atoms with Gasteiger partial charge in [0.15, 0.2) is 11.5 Å². The molecule has 1 fully saturated rings. The highest BCUT2D eigenvalue weighted by atomic mass is 19.3. The molecule has 0 unspecified atom stereocenters. The second kappa shape index (κ2) is 10.1. The lowest BCUT2D eigenvalue weighted by Gasteiger charge is -2.17. The number of amides is 1. The van der Waals surface area contributed by atoms with Crippen LogP contribution < -0.4 is 14.8 Å². The molecule has 1 amide bonds. The molecule has 4 aromatic rings. The van der Waals surface area contributed by atoms with E-state index >= 15 is 0 Å². The highest BCUT2D eigenvalue weighted by Gasteiger charge is 2.53. The number of ether oxygens (including phenoxy) is 3. The number of nitrogens with zero attached hydrogens (tertiary/aromatic N) is 2. The van der Waals surface area contributed by atoms with E-state index < -0.39 is 17.7 Å². The van der Waals surface area contributed by atoms with Crippen molar-refractivity contribution < 1.29 is 32.6 Å². The zero-order valence-electron chi connectivity index (χ0n) is 22.4. The molecule has 1 aromatic heterocycles. The van der Waals surface area contributed by atoms with Crippen molar-refractivity contribution in [3.8, 4) is 22.8 Å². The topological polar surface area (TPSA) is 90.0 Å². The summed E-state index contributed by atoms with van der Waals surface area (Å²) in [6.07, 6.45) is -2.63. The third kappa shape index (κ3) is 5.30. The fraction of sp³-hybridized carbons (Fsp3) is 0.258.